The molecule has 2 aliphatic heterocycles. The summed E-state index contributed by atoms with van der Waals surface area (Å²) in [4.78, 5) is 16.9. The molecule has 2 aromatic rings. The number of nitrogens with zero attached hydrogens (tertiary/aromatic N) is 3. The number of para-hydroxylation sites is 1. The lowest BCUT2D eigenvalue weighted by atomic mass is 9.69. The van der Waals surface area contributed by atoms with Gasteiger partial charge >= 0.3 is 0 Å². The first-order chi connectivity index (χ1) is 12.6. The van der Waals surface area contributed by atoms with Crippen molar-refractivity contribution in [2.45, 2.75) is 45.1 Å². The highest BCUT2D eigenvalue weighted by molar-refractivity contribution is 5.97. The molecule has 0 amide bonds. The second-order valence-corrected chi connectivity index (χ2v) is 7.53. The summed E-state index contributed by atoms with van der Waals surface area (Å²) in [5.41, 5.74) is 2.99. The predicted molar refractivity (Wildman–Crippen MR) is 101 cm³/mol. The van der Waals surface area contributed by atoms with Gasteiger partial charge in [0, 0.05) is 24.3 Å². The van der Waals surface area contributed by atoms with Gasteiger partial charge in [-0.2, -0.15) is 11.5 Å². The molecule has 136 valence electrons. The zero-order valence-electron chi connectivity index (χ0n) is 15.5. The topological polar surface area (TPSA) is 38.8 Å². The lowest BCUT2D eigenvalue weighted by Gasteiger charge is -2.44. The average molecular weight is 351 g/mol. The fourth-order valence-corrected chi connectivity index (χ4v) is 5.03. The lowest BCUT2D eigenvalue weighted by Crippen LogP contribution is -2.42. The Kier molecular flexibility index (Phi) is 4.24. The molecule has 1 aromatic heterocycles. The van der Waals surface area contributed by atoms with Crippen molar-refractivity contribution in [1.82, 2.24) is 9.58 Å². The Balaban J connectivity index is 2.01. The van der Waals surface area contributed by atoms with Gasteiger partial charge in [0.15, 0.2) is 0 Å². The molecule has 4 rings (SSSR count). The molecule has 1 aromatic carbocycles. The first-order valence-electron chi connectivity index (χ1n) is 9.45. The van der Waals surface area contributed by atoms with Gasteiger partial charge in [0.05, 0.1) is 24.3 Å². The Bertz CT molecular complexity index is 895. The molecule has 2 bridgehead atoms. The zero-order chi connectivity index (χ0) is 18.3. The maximum absolute atomic E-state index is 13.2. The Hall–Kier alpha value is -2.32. The van der Waals surface area contributed by atoms with Crippen molar-refractivity contribution in [1.29, 1.82) is 0 Å². The van der Waals surface area contributed by atoms with Gasteiger partial charge in [0.1, 0.15) is 6.10 Å². The summed E-state index contributed by atoms with van der Waals surface area (Å²) >= 11 is 0. The van der Waals surface area contributed by atoms with Gasteiger partial charge < -0.3 is 4.74 Å². The number of methoxy groups -OCH3 is 1. The zero-order valence-corrected chi connectivity index (χ0v) is 15.5. The number of benzene rings is 1. The van der Waals surface area contributed by atoms with Crippen molar-refractivity contribution in [3.63, 3.8) is 0 Å². The van der Waals surface area contributed by atoms with Gasteiger partial charge in [0.25, 0.3) is 0 Å². The Labute approximate surface area is 154 Å². The van der Waals surface area contributed by atoms with Crippen LogP contribution in [0.1, 0.15) is 54.8 Å². The molecule has 2 aliphatic rings. The third kappa shape index (κ3) is 2.36. The van der Waals surface area contributed by atoms with Crippen LogP contribution in [0.4, 0.5) is 0 Å². The van der Waals surface area contributed by atoms with E-state index in [1.165, 1.54) is 5.56 Å². The van der Waals surface area contributed by atoms with Crippen molar-refractivity contribution >= 4 is 16.8 Å². The molecule has 0 saturated carbocycles. The van der Waals surface area contributed by atoms with Gasteiger partial charge in [0.2, 0.25) is 5.91 Å². The molecular formula is C21H25N3O2. The first kappa shape index (κ1) is 17.1. The molecule has 3 heterocycles. The van der Waals surface area contributed by atoms with Crippen LogP contribution < -0.4 is 0 Å². The smallest absolute Gasteiger partial charge is 0.232 e. The molecule has 0 fully saturated rings. The maximum atomic E-state index is 13.2. The molecular weight excluding hydrogens is 326 g/mol. The monoisotopic (exact) mass is 351 g/mol. The van der Waals surface area contributed by atoms with Crippen LogP contribution in [0.15, 0.2) is 24.3 Å². The highest BCUT2D eigenvalue weighted by Gasteiger charge is 2.48. The number of fused-ring (bicyclic) bond motifs is 4. The lowest BCUT2D eigenvalue weighted by molar-refractivity contribution is -0.0421. The summed E-state index contributed by atoms with van der Waals surface area (Å²) in [5, 5.41) is 2.96. The summed E-state index contributed by atoms with van der Waals surface area (Å²) in [6, 6.07) is 8.13. The number of aromatic nitrogens is 1. The predicted octanol–water partition coefficient (Wildman–Crippen LogP) is 4.24. The standard InChI is InChI=1S/C21H25N3O2/c1-4-21-11-7-12-23(22-2)13-10-16-15-8-5-6-9-17(15)24(18(25)14-21)19(16)20(21)26-3/h5-6,8-9,20H,4,7,10-14H2,1,3H3/t20-,21+/m1/s1. The molecule has 0 spiro atoms. The normalized spacial score (nSPS) is 26.0. The van der Waals surface area contributed by atoms with Gasteiger partial charge in [-0.3, -0.25) is 9.36 Å². The molecule has 2 atom stereocenters. The molecule has 0 saturated heterocycles. The van der Waals surface area contributed by atoms with E-state index in [9.17, 15) is 4.79 Å². The molecule has 0 N–H and O–H groups in total. The van der Waals surface area contributed by atoms with Crippen LogP contribution in [0.3, 0.4) is 0 Å². The molecule has 5 heteroatoms. The molecule has 5 nitrogen and oxygen atoms in total. The second-order valence-electron chi connectivity index (χ2n) is 7.53. The molecule has 26 heavy (non-hydrogen) atoms. The largest absolute Gasteiger partial charge is 0.375 e. The van der Waals surface area contributed by atoms with E-state index >= 15 is 0 Å². The Morgan fingerprint density at radius 3 is 2.88 bits per heavy atom. The molecule has 0 unspecified atom stereocenters. The van der Waals surface area contributed by atoms with Crippen molar-refractivity contribution < 1.29 is 9.53 Å². The Morgan fingerprint density at radius 1 is 1.35 bits per heavy atom. The third-order valence-corrected chi connectivity index (χ3v) is 6.37. The first-order valence-corrected chi connectivity index (χ1v) is 9.45. The highest BCUT2D eigenvalue weighted by atomic mass is 16.5. The van der Waals surface area contributed by atoms with E-state index in [1.807, 2.05) is 27.8 Å². The van der Waals surface area contributed by atoms with Crippen molar-refractivity contribution in [2.24, 2.45) is 5.41 Å². The SMILES string of the molecule is [C-]#[N+]N1CCC[C@@]2(CC)CC(=O)n3c(c(c4ccccc43)CC1)[C@H]2OC. The van der Waals surface area contributed by atoms with Crippen molar-refractivity contribution in [3.05, 3.63) is 47.0 Å². The van der Waals surface area contributed by atoms with E-state index in [-0.39, 0.29) is 17.4 Å². The van der Waals surface area contributed by atoms with E-state index in [1.54, 1.807) is 7.11 Å². The quantitative estimate of drug-likeness (QED) is 0.760. The van der Waals surface area contributed by atoms with Crippen LogP contribution >= 0.6 is 0 Å². The minimum absolute atomic E-state index is 0.0768. The maximum Gasteiger partial charge on any atom is 0.232 e. The minimum atomic E-state index is -0.185. The number of carbonyl (C=O) groups is 1. The summed E-state index contributed by atoms with van der Waals surface area (Å²) < 4.78 is 7.97. The summed E-state index contributed by atoms with van der Waals surface area (Å²) in [5.74, 6) is 0.181. The van der Waals surface area contributed by atoms with Crippen LogP contribution in [0.2, 0.25) is 0 Å². The van der Waals surface area contributed by atoms with Gasteiger partial charge in [-0.15, -0.1) is 5.01 Å². The number of ether oxygens (including phenoxy) is 1. The fraction of sp³-hybridized carbons (Fsp3) is 0.524. The second kappa shape index (κ2) is 6.44. The van der Waals surface area contributed by atoms with Crippen LogP contribution in [-0.4, -0.2) is 35.7 Å². The number of hydrogen-bond donors (Lipinski definition) is 0. The van der Waals surface area contributed by atoms with Gasteiger partial charge in [-0.05, 0) is 37.3 Å². The number of rotatable bonds is 2. The van der Waals surface area contributed by atoms with E-state index in [4.69, 9.17) is 11.3 Å². The van der Waals surface area contributed by atoms with Gasteiger partial charge in [-0.1, -0.05) is 25.1 Å². The summed E-state index contributed by atoms with van der Waals surface area (Å²) in [7, 11) is 1.77. The highest BCUT2D eigenvalue weighted by Crippen LogP contribution is 2.52. The molecule has 0 aliphatic carbocycles. The summed E-state index contributed by atoms with van der Waals surface area (Å²) in [6.07, 6.45) is 3.91. The third-order valence-electron chi connectivity index (χ3n) is 6.37. The van der Waals surface area contributed by atoms with Crippen LogP contribution in [0, 0.1) is 12.0 Å². The van der Waals surface area contributed by atoms with Crippen LogP contribution in [0.5, 0.6) is 0 Å². The molecule has 0 radical (unpaired) electrons. The summed E-state index contributed by atoms with van der Waals surface area (Å²) in [6.45, 7) is 11.1. The average Bonchev–Trinajstić information content (AvgIpc) is 2.99. The Morgan fingerprint density at radius 2 is 2.15 bits per heavy atom. The fourth-order valence-electron chi connectivity index (χ4n) is 5.03. The van der Waals surface area contributed by atoms with E-state index in [0.717, 1.165) is 48.8 Å². The number of hydrogen-bond acceptors (Lipinski definition) is 3. The van der Waals surface area contributed by atoms with E-state index in [2.05, 4.69) is 17.9 Å². The van der Waals surface area contributed by atoms with Crippen LogP contribution in [-0.2, 0) is 11.2 Å². The number of carbonyl (C=O) groups excluding carboxylic acids is 1. The van der Waals surface area contributed by atoms with Gasteiger partial charge in [-0.25, -0.2) is 0 Å². The van der Waals surface area contributed by atoms with E-state index in [0.29, 0.717) is 13.0 Å². The van der Waals surface area contributed by atoms with Crippen LogP contribution in [0.25, 0.3) is 15.9 Å². The van der Waals surface area contributed by atoms with Crippen molar-refractivity contribution in [2.75, 3.05) is 20.2 Å². The van der Waals surface area contributed by atoms with E-state index < -0.39 is 0 Å². The van der Waals surface area contributed by atoms with Crippen molar-refractivity contribution in [3.8, 4) is 0 Å². The minimum Gasteiger partial charge on any atom is -0.375 e.